The minimum absolute atomic E-state index is 0.0191. The summed E-state index contributed by atoms with van der Waals surface area (Å²) >= 11 is 4.90. The molecule has 3 nitrogen and oxygen atoms in total. The van der Waals surface area contributed by atoms with E-state index in [0.29, 0.717) is 10.4 Å². The molecule has 5 heteroatoms. The van der Waals surface area contributed by atoms with Crippen molar-refractivity contribution in [2.75, 3.05) is 6.54 Å². The molecule has 2 aromatic heterocycles. The van der Waals surface area contributed by atoms with Crippen LogP contribution in [0.15, 0.2) is 38.0 Å². The van der Waals surface area contributed by atoms with E-state index in [-0.39, 0.29) is 11.9 Å². The van der Waals surface area contributed by atoms with Gasteiger partial charge in [0.25, 0.3) is 5.91 Å². The summed E-state index contributed by atoms with van der Waals surface area (Å²) in [6, 6.07) is 5.77. The molecule has 0 bridgehead atoms. The highest BCUT2D eigenvalue weighted by molar-refractivity contribution is 9.10. The van der Waals surface area contributed by atoms with Crippen LogP contribution >= 0.6 is 27.3 Å². The topological polar surface area (TPSA) is 33.5 Å². The highest BCUT2D eigenvalue weighted by Crippen LogP contribution is 2.34. The van der Waals surface area contributed by atoms with E-state index in [1.807, 2.05) is 4.90 Å². The summed E-state index contributed by atoms with van der Waals surface area (Å²) in [5, 5.41) is 4.17. The largest absolute Gasteiger partial charge is 0.444 e. The fourth-order valence-corrected chi connectivity index (χ4v) is 3.41. The summed E-state index contributed by atoms with van der Waals surface area (Å²) in [7, 11) is 0. The first-order chi connectivity index (χ1) is 8.75. The Morgan fingerprint density at radius 2 is 2.33 bits per heavy atom. The maximum Gasteiger partial charge on any atom is 0.290 e. The number of hydrogen-bond acceptors (Lipinski definition) is 3. The molecule has 1 saturated heterocycles. The maximum atomic E-state index is 12.4. The molecule has 0 aromatic carbocycles. The predicted octanol–water partition coefficient (Wildman–Crippen LogP) is 4.08. The lowest BCUT2D eigenvalue weighted by Gasteiger charge is -2.23. The Morgan fingerprint density at radius 1 is 1.44 bits per heavy atom. The van der Waals surface area contributed by atoms with E-state index in [0.717, 1.165) is 19.4 Å². The number of carbonyl (C=O) groups is 1. The van der Waals surface area contributed by atoms with Crippen LogP contribution in [0.4, 0.5) is 0 Å². The van der Waals surface area contributed by atoms with Gasteiger partial charge < -0.3 is 9.32 Å². The molecular formula is C13H12BrNO2S. The summed E-state index contributed by atoms with van der Waals surface area (Å²) < 4.78 is 5.95. The minimum Gasteiger partial charge on any atom is -0.444 e. The van der Waals surface area contributed by atoms with Gasteiger partial charge in [-0.25, -0.2) is 0 Å². The molecule has 1 aliphatic rings. The van der Waals surface area contributed by atoms with Crippen molar-refractivity contribution >= 4 is 33.2 Å². The van der Waals surface area contributed by atoms with Crippen molar-refractivity contribution in [2.24, 2.45) is 0 Å². The first kappa shape index (κ1) is 12.0. The molecule has 18 heavy (non-hydrogen) atoms. The Morgan fingerprint density at radius 3 is 3.00 bits per heavy atom. The van der Waals surface area contributed by atoms with Crippen molar-refractivity contribution < 1.29 is 9.21 Å². The Hall–Kier alpha value is -1.07. The fourth-order valence-electron chi connectivity index (χ4n) is 2.39. The lowest BCUT2D eigenvalue weighted by molar-refractivity contribution is 0.0702. The van der Waals surface area contributed by atoms with Gasteiger partial charge in [-0.3, -0.25) is 4.79 Å². The van der Waals surface area contributed by atoms with Gasteiger partial charge in [0, 0.05) is 6.54 Å². The van der Waals surface area contributed by atoms with Gasteiger partial charge in [-0.05, 0) is 63.3 Å². The molecule has 3 rings (SSSR count). The molecule has 0 N–H and O–H groups in total. The Kier molecular flexibility index (Phi) is 3.26. The average molecular weight is 326 g/mol. The standard InChI is InChI=1S/C13H12BrNO2S/c14-12-4-3-11(17-12)13(16)15-6-1-2-10(15)9-5-7-18-8-9/h3-5,7-8,10H,1-2,6H2/t10-/m0/s1. The van der Waals surface area contributed by atoms with E-state index in [2.05, 4.69) is 32.8 Å². The van der Waals surface area contributed by atoms with E-state index < -0.39 is 0 Å². The normalized spacial score (nSPS) is 19.4. The van der Waals surface area contributed by atoms with Crippen LogP contribution in [0.5, 0.6) is 0 Å². The van der Waals surface area contributed by atoms with E-state index >= 15 is 0 Å². The lowest BCUT2D eigenvalue weighted by atomic mass is 10.1. The van der Waals surface area contributed by atoms with Crippen LogP contribution in [0.25, 0.3) is 0 Å². The van der Waals surface area contributed by atoms with Crippen LogP contribution in [0.1, 0.15) is 35.0 Å². The van der Waals surface area contributed by atoms with Crippen LogP contribution in [-0.2, 0) is 0 Å². The number of amides is 1. The summed E-state index contributed by atoms with van der Waals surface area (Å²) in [6.07, 6.45) is 2.08. The zero-order valence-corrected chi connectivity index (χ0v) is 12.0. The smallest absolute Gasteiger partial charge is 0.290 e. The number of hydrogen-bond donors (Lipinski definition) is 0. The van der Waals surface area contributed by atoms with E-state index in [1.54, 1.807) is 23.5 Å². The number of likely N-dealkylation sites (tertiary alicyclic amines) is 1. The molecule has 0 unspecified atom stereocenters. The van der Waals surface area contributed by atoms with Gasteiger partial charge in [0.2, 0.25) is 0 Å². The van der Waals surface area contributed by atoms with Gasteiger partial charge in [-0.15, -0.1) is 0 Å². The molecule has 1 aliphatic heterocycles. The van der Waals surface area contributed by atoms with Crippen molar-refractivity contribution in [1.29, 1.82) is 0 Å². The van der Waals surface area contributed by atoms with E-state index in [1.165, 1.54) is 5.56 Å². The number of nitrogens with zero attached hydrogens (tertiary/aromatic N) is 1. The molecule has 1 fully saturated rings. The van der Waals surface area contributed by atoms with Crippen LogP contribution in [0, 0.1) is 0 Å². The van der Waals surface area contributed by atoms with Gasteiger partial charge in [-0.1, -0.05) is 0 Å². The first-order valence-corrected chi connectivity index (χ1v) is 7.57. The Balaban J connectivity index is 1.85. The summed E-state index contributed by atoms with van der Waals surface area (Å²) in [5.41, 5.74) is 1.23. The first-order valence-electron chi connectivity index (χ1n) is 5.84. The van der Waals surface area contributed by atoms with Crippen molar-refractivity contribution in [3.05, 3.63) is 45.0 Å². The molecule has 0 spiro atoms. The third-order valence-electron chi connectivity index (χ3n) is 3.23. The Bertz CT molecular complexity index is 549. The van der Waals surface area contributed by atoms with Gasteiger partial charge in [0.05, 0.1) is 6.04 Å². The van der Waals surface area contributed by atoms with Crippen LogP contribution in [-0.4, -0.2) is 17.4 Å². The third kappa shape index (κ3) is 2.12. The number of thiophene rings is 1. The molecule has 1 amide bonds. The zero-order chi connectivity index (χ0) is 12.5. The average Bonchev–Trinajstić information content (AvgIpc) is 3.08. The Labute approximate surface area is 118 Å². The number of carbonyl (C=O) groups excluding carboxylic acids is 1. The van der Waals surface area contributed by atoms with Crippen LogP contribution < -0.4 is 0 Å². The van der Waals surface area contributed by atoms with Gasteiger partial charge in [0.15, 0.2) is 10.4 Å². The van der Waals surface area contributed by atoms with E-state index in [4.69, 9.17) is 4.42 Å². The third-order valence-corrected chi connectivity index (χ3v) is 4.35. The summed E-state index contributed by atoms with van der Waals surface area (Å²) in [5.74, 6) is 0.387. The van der Waals surface area contributed by atoms with E-state index in [9.17, 15) is 4.79 Å². The second kappa shape index (κ2) is 4.90. The van der Waals surface area contributed by atoms with Crippen LogP contribution in [0.2, 0.25) is 0 Å². The summed E-state index contributed by atoms with van der Waals surface area (Å²) in [6.45, 7) is 0.803. The SMILES string of the molecule is O=C(c1ccc(Br)o1)N1CCC[C@H]1c1ccsc1. The van der Waals surface area contributed by atoms with Crippen molar-refractivity contribution in [3.8, 4) is 0 Å². The minimum atomic E-state index is -0.0191. The maximum absolute atomic E-state index is 12.4. The second-order valence-corrected chi connectivity index (χ2v) is 5.88. The second-order valence-electron chi connectivity index (χ2n) is 4.32. The van der Waals surface area contributed by atoms with Crippen molar-refractivity contribution in [2.45, 2.75) is 18.9 Å². The van der Waals surface area contributed by atoms with Crippen molar-refractivity contribution in [3.63, 3.8) is 0 Å². The molecule has 0 radical (unpaired) electrons. The highest BCUT2D eigenvalue weighted by Gasteiger charge is 2.32. The van der Waals surface area contributed by atoms with Gasteiger partial charge in [0.1, 0.15) is 0 Å². The van der Waals surface area contributed by atoms with Gasteiger partial charge >= 0.3 is 0 Å². The number of halogens is 1. The van der Waals surface area contributed by atoms with Crippen LogP contribution in [0.3, 0.4) is 0 Å². The number of furan rings is 1. The summed E-state index contributed by atoms with van der Waals surface area (Å²) in [4.78, 5) is 14.3. The predicted molar refractivity (Wildman–Crippen MR) is 73.7 cm³/mol. The molecule has 1 atom stereocenters. The number of rotatable bonds is 2. The van der Waals surface area contributed by atoms with Gasteiger partial charge in [-0.2, -0.15) is 11.3 Å². The monoisotopic (exact) mass is 325 g/mol. The lowest BCUT2D eigenvalue weighted by Crippen LogP contribution is -2.30. The van der Waals surface area contributed by atoms with Crippen molar-refractivity contribution in [1.82, 2.24) is 4.90 Å². The molecule has 94 valence electrons. The highest BCUT2D eigenvalue weighted by atomic mass is 79.9. The molecule has 0 aliphatic carbocycles. The fraction of sp³-hybridized carbons (Fsp3) is 0.308. The molecule has 2 aromatic rings. The molecular weight excluding hydrogens is 314 g/mol. The quantitative estimate of drug-likeness (QED) is 0.833. The molecule has 0 saturated carbocycles. The molecule has 3 heterocycles. The zero-order valence-electron chi connectivity index (χ0n) is 9.64.